The number of hydrogen-bond donors (Lipinski definition) is 0. The highest BCUT2D eigenvalue weighted by Crippen LogP contribution is 2.41. The summed E-state index contributed by atoms with van der Waals surface area (Å²) in [6, 6.07) is 12.2. The molecule has 1 aliphatic rings. The molecular weight excluding hydrogens is 359 g/mol. The van der Waals surface area contributed by atoms with Gasteiger partial charge in [0.2, 0.25) is 5.91 Å². The smallest absolute Gasteiger partial charge is 0.322 e. The minimum absolute atomic E-state index is 0.0858. The van der Waals surface area contributed by atoms with Crippen LogP contribution < -0.4 is 0 Å². The highest BCUT2D eigenvalue weighted by molar-refractivity contribution is 8.00. The Morgan fingerprint density at radius 3 is 2.54 bits per heavy atom. The van der Waals surface area contributed by atoms with E-state index in [1.165, 1.54) is 17.8 Å². The Labute approximate surface area is 146 Å². The first kappa shape index (κ1) is 17.2. The predicted octanol–water partition coefficient (Wildman–Crippen LogP) is 5.13. The Bertz CT molecular complexity index is 748. The molecule has 7 heteroatoms. The molecule has 0 aliphatic carbocycles. The molecule has 0 bridgehead atoms. The number of nitrogens with zero attached hydrogens (tertiary/aromatic N) is 1. The third-order valence-corrected chi connectivity index (χ3v) is 5.24. The second-order valence-electron chi connectivity index (χ2n) is 5.43. The van der Waals surface area contributed by atoms with Crippen LogP contribution in [0.1, 0.15) is 22.1 Å². The number of carbonyl (C=O) groups excluding carboxylic acids is 1. The van der Waals surface area contributed by atoms with Gasteiger partial charge < -0.3 is 4.90 Å². The first-order valence-corrected chi connectivity index (χ1v) is 8.60. The van der Waals surface area contributed by atoms with Gasteiger partial charge in [-0.2, -0.15) is 13.2 Å². The van der Waals surface area contributed by atoms with Gasteiger partial charge in [-0.3, -0.25) is 4.79 Å². The van der Waals surface area contributed by atoms with Crippen LogP contribution in [0.15, 0.2) is 48.5 Å². The minimum atomic E-state index is -4.40. The molecule has 126 valence electrons. The van der Waals surface area contributed by atoms with Gasteiger partial charge in [0.15, 0.2) is 0 Å². The van der Waals surface area contributed by atoms with Gasteiger partial charge in [-0.15, -0.1) is 11.8 Å². The van der Waals surface area contributed by atoms with E-state index in [4.69, 9.17) is 11.6 Å². The van der Waals surface area contributed by atoms with Gasteiger partial charge >= 0.3 is 6.18 Å². The molecule has 0 saturated carbocycles. The van der Waals surface area contributed by atoms with Crippen LogP contribution in [0.4, 0.5) is 13.2 Å². The summed E-state index contributed by atoms with van der Waals surface area (Å²) in [5, 5.41) is 0.172. The van der Waals surface area contributed by atoms with Crippen molar-refractivity contribution >= 4 is 29.3 Å². The van der Waals surface area contributed by atoms with Crippen molar-refractivity contribution in [3.63, 3.8) is 0 Å². The van der Waals surface area contributed by atoms with Crippen LogP contribution in [0.3, 0.4) is 0 Å². The predicted molar refractivity (Wildman–Crippen MR) is 88.6 cm³/mol. The number of benzene rings is 2. The fourth-order valence-electron chi connectivity index (χ4n) is 2.56. The van der Waals surface area contributed by atoms with Crippen LogP contribution in [0.5, 0.6) is 0 Å². The average Bonchev–Trinajstić information content (AvgIpc) is 2.90. The normalized spacial score (nSPS) is 18.2. The van der Waals surface area contributed by atoms with Crippen molar-refractivity contribution in [3.05, 3.63) is 70.2 Å². The zero-order chi connectivity index (χ0) is 17.3. The zero-order valence-corrected chi connectivity index (χ0v) is 14.0. The summed E-state index contributed by atoms with van der Waals surface area (Å²) in [6.07, 6.45) is -4.40. The fourth-order valence-corrected chi connectivity index (χ4v) is 3.86. The van der Waals surface area contributed by atoms with E-state index in [-0.39, 0.29) is 11.7 Å². The molecule has 0 spiro atoms. The van der Waals surface area contributed by atoms with E-state index in [1.807, 2.05) is 12.1 Å². The molecule has 1 saturated heterocycles. The molecule has 2 aromatic carbocycles. The van der Waals surface area contributed by atoms with E-state index in [9.17, 15) is 18.0 Å². The van der Waals surface area contributed by atoms with Crippen molar-refractivity contribution in [2.75, 3.05) is 5.75 Å². The number of alkyl halides is 3. The van der Waals surface area contributed by atoms with E-state index in [0.717, 1.165) is 17.7 Å². The van der Waals surface area contributed by atoms with Crippen LogP contribution in [0.2, 0.25) is 5.02 Å². The first-order chi connectivity index (χ1) is 11.3. The quantitative estimate of drug-likeness (QED) is 0.745. The van der Waals surface area contributed by atoms with Crippen LogP contribution in [0.25, 0.3) is 0 Å². The first-order valence-electron chi connectivity index (χ1n) is 7.17. The number of rotatable bonds is 3. The lowest BCUT2D eigenvalue weighted by molar-refractivity contribution is -0.137. The van der Waals surface area contributed by atoms with Crippen LogP contribution in [-0.2, 0) is 17.5 Å². The number of thioether (sulfide) groups is 1. The molecule has 24 heavy (non-hydrogen) atoms. The van der Waals surface area contributed by atoms with Gasteiger partial charge in [0.25, 0.3) is 0 Å². The second-order valence-corrected chi connectivity index (χ2v) is 6.94. The lowest BCUT2D eigenvalue weighted by Crippen LogP contribution is -2.27. The standard InChI is InChI=1S/C17H13ClF3NOS/c18-14-6-4-11(5-7-14)9-22-15(23)10-24-16(22)12-2-1-3-13(8-12)17(19,20)21/h1-8,16H,9-10H2. The summed E-state index contributed by atoms with van der Waals surface area (Å²) in [7, 11) is 0. The zero-order valence-electron chi connectivity index (χ0n) is 12.4. The number of halogens is 4. The Morgan fingerprint density at radius 1 is 1.17 bits per heavy atom. The summed E-state index contributed by atoms with van der Waals surface area (Å²) < 4.78 is 38.7. The van der Waals surface area contributed by atoms with Crippen molar-refractivity contribution in [1.82, 2.24) is 4.90 Å². The van der Waals surface area contributed by atoms with E-state index in [1.54, 1.807) is 23.1 Å². The van der Waals surface area contributed by atoms with E-state index in [2.05, 4.69) is 0 Å². The Kier molecular flexibility index (Phi) is 4.78. The maximum absolute atomic E-state index is 12.9. The molecule has 2 aromatic rings. The van der Waals surface area contributed by atoms with Crippen LogP contribution in [0, 0.1) is 0 Å². The summed E-state index contributed by atoms with van der Waals surface area (Å²) in [5.74, 6) is 0.173. The molecule has 1 aliphatic heterocycles. The number of hydrogen-bond acceptors (Lipinski definition) is 2. The van der Waals surface area contributed by atoms with Crippen LogP contribution >= 0.6 is 23.4 Å². The Hall–Kier alpha value is -1.66. The molecule has 0 radical (unpaired) electrons. The van der Waals surface area contributed by atoms with E-state index < -0.39 is 17.1 Å². The third-order valence-electron chi connectivity index (χ3n) is 3.73. The maximum atomic E-state index is 12.9. The van der Waals surface area contributed by atoms with Gasteiger partial charge in [-0.25, -0.2) is 0 Å². The topological polar surface area (TPSA) is 20.3 Å². The fraction of sp³-hybridized carbons (Fsp3) is 0.235. The molecule has 1 unspecified atom stereocenters. The minimum Gasteiger partial charge on any atom is -0.322 e. The molecule has 1 atom stereocenters. The second kappa shape index (κ2) is 6.69. The molecular formula is C17H13ClF3NOS. The van der Waals surface area contributed by atoms with Gasteiger partial charge in [-0.1, -0.05) is 35.9 Å². The summed E-state index contributed by atoms with van der Waals surface area (Å²) in [5.41, 5.74) is 0.660. The van der Waals surface area contributed by atoms with Gasteiger partial charge in [0, 0.05) is 11.6 Å². The average molecular weight is 372 g/mol. The largest absolute Gasteiger partial charge is 0.416 e. The van der Waals surface area contributed by atoms with Crippen molar-refractivity contribution in [1.29, 1.82) is 0 Å². The molecule has 2 nitrogen and oxygen atoms in total. The van der Waals surface area contributed by atoms with Gasteiger partial charge in [-0.05, 0) is 35.4 Å². The summed E-state index contributed by atoms with van der Waals surface area (Å²) in [4.78, 5) is 13.8. The summed E-state index contributed by atoms with van der Waals surface area (Å²) in [6.45, 7) is 0.337. The Morgan fingerprint density at radius 2 is 1.88 bits per heavy atom. The molecule has 1 heterocycles. The SMILES string of the molecule is O=C1CSC(c2cccc(C(F)(F)F)c2)N1Cc1ccc(Cl)cc1. The third kappa shape index (κ3) is 3.70. The highest BCUT2D eigenvalue weighted by atomic mass is 35.5. The highest BCUT2D eigenvalue weighted by Gasteiger charge is 2.35. The van der Waals surface area contributed by atoms with Crippen molar-refractivity contribution < 1.29 is 18.0 Å². The number of amides is 1. The molecule has 0 aromatic heterocycles. The van der Waals surface area contributed by atoms with E-state index >= 15 is 0 Å². The van der Waals surface area contributed by atoms with Crippen molar-refractivity contribution in [2.45, 2.75) is 18.1 Å². The monoisotopic (exact) mass is 371 g/mol. The molecule has 1 amide bonds. The van der Waals surface area contributed by atoms with Crippen LogP contribution in [-0.4, -0.2) is 16.6 Å². The summed E-state index contributed by atoms with van der Waals surface area (Å²) >= 11 is 7.19. The number of carbonyl (C=O) groups is 1. The Balaban J connectivity index is 1.86. The maximum Gasteiger partial charge on any atom is 0.416 e. The van der Waals surface area contributed by atoms with Gasteiger partial charge in [0.1, 0.15) is 5.37 Å². The van der Waals surface area contributed by atoms with E-state index in [0.29, 0.717) is 17.1 Å². The molecule has 1 fully saturated rings. The molecule has 3 rings (SSSR count). The van der Waals surface area contributed by atoms with Crippen molar-refractivity contribution in [2.24, 2.45) is 0 Å². The lowest BCUT2D eigenvalue weighted by Gasteiger charge is -2.25. The van der Waals surface area contributed by atoms with Crippen molar-refractivity contribution in [3.8, 4) is 0 Å². The molecule has 0 N–H and O–H groups in total. The van der Waals surface area contributed by atoms with Gasteiger partial charge in [0.05, 0.1) is 11.3 Å². The lowest BCUT2D eigenvalue weighted by atomic mass is 10.1.